The summed E-state index contributed by atoms with van der Waals surface area (Å²) in [6, 6.07) is 0. The summed E-state index contributed by atoms with van der Waals surface area (Å²) in [5, 5.41) is 6.22. The molecule has 0 spiro atoms. The fourth-order valence-corrected chi connectivity index (χ4v) is 4.76. The molecule has 0 saturated heterocycles. The molecular weight excluding hydrogens is 335 g/mol. The summed E-state index contributed by atoms with van der Waals surface area (Å²) in [5.41, 5.74) is 0. The molecule has 0 aromatic carbocycles. The predicted octanol–water partition coefficient (Wildman–Crippen LogP) is 3.99. The van der Waals surface area contributed by atoms with E-state index in [1.165, 1.54) is 12.8 Å². The second kappa shape index (κ2) is 16.1. The number of hydrogen-bond acceptors (Lipinski definition) is 2. The molecule has 2 aliphatic carbocycles. The van der Waals surface area contributed by atoms with Gasteiger partial charge in [0.05, 0.1) is 0 Å². The molecule has 0 saturated carbocycles. The summed E-state index contributed by atoms with van der Waals surface area (Å²) in [5.74, 6) is 0. The minimum Gasteiger partial charge on any atom is -0.317 e. The van der Waals surface area contributed by atoms with Crippen LogP contribution in [0.3, 0.4) is 0 Å². The van der Waals surface area contributed by atoms with Crippen LogP contribution < -0.4 is 10.6 Å². The first-order valence-electron chi connectivity index (χ1n) is 8.18. The zero-order valence-electron chi connectivity index (χ0n) is 14.2. The first kappa shape index (κ1) is 20.8. The number of allylic oxidation sites excluding steroid dienone is 8. The van der Waals surface area contributed by atoms with Crippen LogP contribution >= 0.6 is 0 Å². The molecule has 0 aromatic heterocycles. The zero-order chi connectivity index (χ0) is 15.8. The van der Waals surface area contributed by atoms with E-state index in [2.05, 4.69) is 74.8 Å². The molecule has 118 valence electrons. The largest absolute Gasteiger partial charge is 0.317 e. The second-order valence-electron chi connectivity index (χ2n) is 4.69. The summed E-state index contributed by atoms with van der Waals surface area (Å²) in [6.45, 7) is 12.8. The molecule has 0 amide bonds. The van der Waals surface area contributed by atoms with E-state index in [0.29, 0.717) is 0 Å². The van der Waals surface area contributed by atoms with Gasteiger partial charge in [-0.2, -0.15) is 0 Å². The quantitative estimate of drug-likeness (QED) is 0.742. The van der Waals surface area contributed by atoms with E-state index < -0.39 is 0 Å². The van der Waals surface area contributed by atoms with Crippen LogP contribution in [0.5, 0.6) is 0 Å². The van der Waals surface area contributed by atoms with Crippen molar-refractivity contribution in [2.24, 2.45) is 0 Å². The molecule has 0 unspecified atom stereocenters. The van der Waals surface area contributed by atoms with Crippen molar-refractivity contribution in [2.75, 3.05) is 26.2 Å². The van der Waals surface area contributed by atoms with Gasteiger partial charge < -0.3 is 10.6 Å². The van der Waals surface area contributed by atoms with Crippen molar-refractivity contribution in [1.82, 2.24) is 10.6 Å². The van der Waals surface area contributed by atoms with Crippen LogP contribution in [0.1, 0.15) is 40.5 Å². The maximum atomic E-state index is 3.11. The van der Waals surface area contributed by atoms with Crippen LogP contribution in [0.15, 0.2) is 43.0 Å². The van der Waals surface area contributed by atoms with Crippen molar-refractivity contribution in [3.63, 3.8) is 0 Å². The van der Waals surface area contributed by atoms with Crippen molar-refractivity contribution in [2.45, 2.75) is 40.5 Å². The van der Waals surface area contributed by atoms with E-state index in [0.717, 1.165) is 26.2 Å². The van der Waals surface area contributed by atoms with Crippen LogP contribution in [-0.2, 0) is 23.2 Å². The molecule has 3 heteroatoms. The van der Waals surface area contributed by atoms with E-state index in [1.54, 1.807) is 6.56 Å². The van der Waals surface area contributed by atoms with Crippen molar-refractivity contribution in [3.05, 3.63) is 43.0 Å². The van der Waals surface area contributed by atoms with Crippen LogP contribution in [-0.4, -0.2) is 26.2 Å². The van der Waals surface area contributed by atoms with Crippen LogP contribution in [0, 0.1) is 0 Å². The Kier molecular flexibility index (Phi) is 16.0. The Morgan fingerprint density at radius 3 is 1.33 bits per heavy atom. The van der Waals surface area contributed by atoms with E-state index in [9.17, 15) is 0 Å². The van der Waals surface area contributed by atoms with Gasteiger partial charge >= 0.3 is 79.1 Å². The smallest absolute Gasteiger partial charge is 0.00775 e. The molecule has 2 aliphatic rings. The van der Waals surface area contributed by atoms with E-state index in [1.807, 2.05) is 0 Å². The van der Waals surface area contributed by atoms with E-state index >= 15 is 0 Å². The van der Waals surface area contributed by atoms with Crippen LogP contribution in [0.2, 0.25) is 0 Å². The number of nitrogens with one attached hydrogen (secondary N) is 2. The average Bonchev–Trinajstić information content (AvgIpc) is 3.16. The summed E-state index contributed by atoms with van der Waals surface area (Å²) in [7, 11) is 0. The minimum atomic E-state index is -0.312. The van der Waals surface area contributed by atoms with Crippen LogP contribution in [0.25, 0.3) is 0 Å². The summed E-state index contributed by atoms with van der Waals surface area (Å²) < 4.78 is 3.45. The molecule has 0 atom stereocenters. The van der Waals surface area contributed by atoms with Crippen molar-refractivity contribution in [3.8, 4) is 0 Å². The summed E-state index contributed by atoms with van der Waals surface area (Å²) in [4.78, 5) is 0. The van der Waals surface area contributed by atoms with Crippen molar-refractivity contribution >= 4 is 0 Å². The molecule has 2 rings (SSSR count). The van der Waals surface area contributed by atoms with Gasteiger partial charge in [0.2, 0.25) is 0 Å². The van der Waals surface area contributed by atoms with E-state index in [-0.39, 0.29) is 23.2 Å². The minimum absolute atomic E-state index is 0.312. The fourth-order valence-electron chi connectivity index (χ4n) is 1.79. The Labute approximate surface area is 143 Å². The van der Waals surface area contributed by atoms with E-state index in [4.69, 9.17) is 0 Å². The molecule has 2 N–H and O–H groups in total. The predicted molar refractivity (Wildman–Crippen MR) is 92.1 cm³/mol. The van der Waals surface area contributed by atoms with Crippen molar-refractivity contribution in [1.29, 1.82) is 0 Å². The van der Waals surface area contributed by atoms with Gasteiger partial charge in [0.15, 0.2) is 0 Å². The Morgan fingerprint density at radius 2 is 1.14 bits per heavy atom. The average molecular weight is 368 g/mol. The first-order chi connectivity index (χ1) is 10.3. The number of hydrogen-bond donors (Lipinski definition) is 2. The maximum Gasteiger partial charge on any atom is -0.00775 e. The van der Waals surface area contributed by atoms with Gasteiger partial charge in [-0.05, 0) is 26.2 Å². The van der Waals surface area contributed by atoms with Gasteiger partial charge in [0, 0.05) is 0 Å². The monoisotopic (exact) mass is 366 g/mol. The van der Waals surface area contributed by atoms with Gasteiger partial charge in [-0.15, -0.1) is 0 Å². The molecule has 0 radical (unpaired) electrons. The number of rotatable bonds is 6. The molecule has 0 heterocycles. The van der Waals surface area contributed by atoms with Crippen molar-refractivity contribution < 1.29 is 23.2 Å². The summed E-state index contributed by atoms with van der Waals surface area (Å²) in [6.07, 6.45) is 16.0. The van der Waals surface area contributed by atoms with Gasteiger partial charge in [-0.3, -0.25) is 0 Å². The summed E-state index contributed by atoms with van der Waals surface area (Å²) >= 11 is -0.312. The van der Waals surface area contributed by atoms with Gasteiger partial charge in [-0.1, -0.05) is 27.7 Å². The Hall–Kier alpha value is -0.237. The van der Waals surface area contributed by atoms with Crippen LogP contribution in [0.4, 0.5) is 0 Å². The third-order valence-corrected chi connectivity index (χ3v) is 6.27. The Morgan fingerprint density at radius 1 is 0.762 bits per heavy atom. The van der Waals surface area contributed by atoms with Gasteiger partial charge in [0.25, 0.3) is 0 Å². The molecule has 0 fully saturated rings. The standard InChI is InChI=1S/2C5H5.2C4H11N.Zr/c2*1-2-4-5-3-1;2*1-3-5-4-2;/h2*1-3H,4H2;2*5H,3-4H2,1-2H3;. The molecule has 0 aromatic rings. The zero-order valence-corrected chi connectivity index (χ0v) is 16.7. The fraction of sp³-hybridized carbons (Fsp3) is 0.556. The molecule has 21 heavy (non-hydrogen) atoms. The normalized spacial score (nSPS) is 14.7. The molecular formula is C18H32N2Zr. The van der Waals surface area contributed by atoms with Gasteiger partial charge in [0.1, 0.15) is 0 Å². The Bertz CT molecular complexity index is 316. The molecule has 0 bridgehead atoms. The van der Waals surface area contributed by atoms with Gasteiger partial charge in [-0.25, -0.2) is 0 Å². The second-order valence-corrected chi connectivity index (χ2v) is 8.46. The third-order valence-electron chi connectivity index (χ3n) is 2.86. The SMILES string of the molecule is C1=CC[C]([Zr][C]2=CC=CC2)=C1.CCNCC.CCNCC. The Balaban J connectivity index is 0.000000340. The first-order valence-corrected chi connectivity index (χ1v) is 10.6. The molecule has 0 aliphatic heterocycles. The topological polar surface area (TPSA) is 24.1 Å². The maximum absolute atomic E-state index is 3.11. The third kappa shape index (κ3) is 13.2. The molecule has 2 nitrogen and oxygen atoms in total.